The predicted molar refractivity (Wildman–Crippen MR) is 82.2 cm³/mol. The molecule has 5 heteroatoms. The van der Waals surface area contributed by atoms with Gasteiger partial charge in [-0.1, -0.05) is 32.0 Å². The van der Waals surface area contributed by atoms with Gasteiger partial charge in [-0.15, -0.1) is 0 Å². The second-order valence-electron chi connectivity index (χ2n) is 5.77. The Kier molecular flexibility index (Phi) is 6.21. The molecule has 1 atom stereocenters. The number of aliphatic carboxylic acids is 1. The lowest BCUT2D eigenvalue weighted by molar-refractivity contribution is -0.139. The van der Waals surface area contributed by atoms with Crippen LogP contribution in [-0.4, -0.2) is 23.1 Å². The van der Waals surface area contributed by atoms with E-state index in [2.05, 4.69) is 10.6 Å². The lowest BCUT2D eigenvalue weighted by Crippen LogP contribution is -2.46. The molecule has 3 N–H and O–H groups in total. The molecule has 0 saturated heterocycles. The predicted octanol–water partition coefficient (Wildman–Crippen LogP) is 2.60. The molecule has 5 nitrogen and oxygen atoms in total. The van der Waals surface area contributed by atoms with Gasteiger partial charge in [-0.2, -0.15) is 0 Å². The quantitative estimate of drug-likeness (QED) is 0.754. The molecule has 1 rings (SSSR count). The van der Waals surface area contributed by atoms with E-state index < -0.39 is 18.0 Å². The van der Waals surface area contributed by atoms with Crippen LogP contribution in [0.4, 0.5) is 4.79 Å². The fourth-order valence-electron chi connectivity index (χ4n) is 2.00. The number of carboxylic acid groups (broad SMARTS) is 1. The van der Waals surface area contributed by atoms with E-state index in [1.807, 2.05) is 45.9 Å². The molecule has 2 amide bonds. The van der Waals surface area contributed by atoms with E-state index in [1.54, 1.807) is 0 Å². The lowest BCUT2D eigenvalue weighted by atomic mass is 10.0. The number of rotatable bonds is 6. The summed E-state index contributed by atoms with van der Waals surface area (Å²) >= 11 is 0. The zero-order chi connectivity index (χ0) is 16.0. The second kappa shape index (κ2) is 7.67. The number of urea groups is 1. The van der Waals surface area contributed by atoms with Crippen molar-refractivity contribution < 1.29 is 14.7 Å². The number of carbonyl (C=O) groups is 2. The van der Waals surface area contributed by atoms with Crippen molar-refractivity contribution in [2.75, 3.05) is 0 Å². The molecule has 0 bridgehead atoms. The van der Waals surface area contributed by atoms with Crippen LogP contribution in [0.5, 0.6) is 0 Å². The number of nitrogens with one attached hydrogen (secondary N) is 2. The third-order valence-electron chi connectivity index (χ3n) is 3.33. The van der Waals surface area contributed by atoms with Gasteiger partial charge in [-0.3, -0.25) is 0 Å². The molecule has 0 saturated carbocycles. The number of amides is 2. The number of carbonyl (C=O) groups excluding carboxylic acids is 1. The molecule has 0 fully saturated rings. The summed E-state index contributed by atoms with van der Waals surface area (Å²) in [6.07, 6.45) is 0.409. The maximum absolute atomic E-state index is 11.8. The van der Waals surface area contributed by atoms with Crippen molar-refractivity contribution >= 4 is 12.0 Å². The van der Waals surface area contributed by atoms with Crippen LogP contribution in [0.25, 0.3) is 0 Å². The van der Waals surface area contributed by atoms with Gasteiger partial charge >= 0.3 is 12.0 Å². The Bertz CT molecular complexity index is 512. The molecule has 0 heterocycles. The van der Waals surface area contributed by atoms with Crippen LogP contribution in [0.3, 0.4) is 0 Å². The Morgan fingerprint density at radius 3 is 2.38 bits per heavy atom. The highest BCUT2D eigenvalue weighted by molar-refractivity contribution is 5.82. The van der Waals surface area contributed by atoms with Crippen molar-refractivity contribution in [1.29, 1.82) is 0 Å². The molecule has 0 spiro atoms. The molecule has 1 unspecified atom stereocenters. The molecule has 0 radical (unpaired) electrons. The number of carboxylic acids is 1. The summed E-state index contributed by atoms with van der Waals surface area (Å²) in [5.41, 5.74) is 3.35. The van der Waals surface area contributed by atoms with E-state index in [1.165, 1.54) is 5.56 Å². The number of aryl methyl sites for hydroxylation is 2. The summed E-state index contributed by atoms with van der Waals surface area (Å²) in [5.74, 6) is -0.809. The Labute approximate surface area is 125 Å². The molecular weight excluding hydrogens is 268 g/mol. The fourth-order valence-corrected chi connectivity index (χ4v) is 2.00. The molecule has 0 aliphatic rings. The summed E-state index contributed by atoms with van der Waals surface area (Å²) in [6.45, 7) is 8.26. The van der Waals surface area contributed by atoms with Crippen LogP contribution in [-0.2, 0) is 11.3 Å². The van der Waals surface area contributed by atoms with E-state index in [0.717, 1.165) is 11.1 Å². The first kappa shape index (κ1) is 17.0. The summed E-state index contributed by atoms with van der Waals surface area (Å²) < 4.78 is 0. The average Bonchev–Trinajstić information content (AvgIpc) is 2.38. The molecule has 21 heavy (non-hydrogen) atoms. The van der Waals surface area contributed by atoms with Gasteiger partial charge in [0.15, 0.2) is 0 Å². The van der Waals surface area contributed by atoms with Crippen LogP contribution in [0.2, 0.25) is 0 Å². The number of benzene rings is 1. The second-order valence-corrected chi connectivity index (χ2v) is 5.77. The van der Waals surface area contributed by atoms with E-state index in [4.69, 9.17) is 5.11 Å². The summed E-state index contributed by atoms with van der Waals surface area (Å²) in [7, 11) is 0. The lowest BCUT2D eigenvalue weighted by Gasteiger charge is -2.17. The highest BCUT2D eigenvalue weighted by Gasteiger charge is 2.20. The smallest absolute Gasteiger partial charge is 0.326 e. The van der Waals surface area contributed by atoms with Gasteiger partial charge in [-0.25, -0.2) is 9.59 Å². The van der Waals surface area contributed by atoms with Crippen LogP contribution in [0, 0.1) is 19.8 Å². The standard InChI is InChI=1S/C16H24N2O3/c1-10(2)7-14(15(19)20)18-16(21)17-9-13-6-5-11(3)12(4)8-13/h5-6,8,10,14H,7,9H2,1-4H3,(H,19,20)(H2,17,18,21). The van der Waals surface area contributed by atoms with Gasteiger partial charge in [0.2, 0.25) is 0 Å². The highest BCUT2D eigenvalue weighted by atomic mass is 16.4. The third-order valence-corrected chi connectivity index (χ3v) is 3.33. The number of hydrogen-bond donors (Lipinski definition) is 3. The maximum Gasteiger partial charge on any atom is 0.326 e. The summed E-state index contributed by atoms with van der Waals surface area (Å²) in [5, 5.41) is 14.3. The van der Waals surface area contributed by atoms with E-state index in [0.29, 0.717) is 13.0 Å². The zero-order valence-electron chi connectivity index (χ0n) is 13.1. The molecule has 1 aromatic rings. The first-order valence-electron chi connectivity index (χ1n) is 7.13. The van der Waals surface area contributed by atoms with Crippen LogP contribution in [0.15, 0.2) is 18.2 Å². The fraction of sp³-hybridized carbons (Fsp3) is 0.500. The highest BCUT2D eigenvalue weighted by Crippen LogP contribution is 2.09. The molecule has 0 aromatic heterocycles. The first-order valence-corrected chi connectivity index (χ1v) is 7.13. The topological polar surface area (TPSA) is 78.4 Å². The normalized spacial score (nSPS) is 12.0. The SMILES string of the molecule is Cc1ccc(CNC(=O)NC(CC(C)C)C(=O)O)cc1C. The van der Waals surface area contributed by atoms with Crippen molar-refractivity contribution in [2.45, 2.75) is 46.7 Å². The van der Waals surface area contributed by atoms with Gasteiger partial charge < -0.3 is 15.7 Å². The summed E-state index contributed by atoms with van der Waals surface area (Å²) in [6, 6.07) is 4.65. The monoisotopic (exact) mass is 292 g/mol. The van der Waals surface area contributed by atoms with Gasteiger partial charge in [0.25, 0.3) is 0 Å². The van der Waals surface area contributed by atoms with Crippen molar-refractivity contribution in [3.63, 3.8) is 0 Å². The van der Waals surface area contributed by atoms with Gasteiger partial charge in [-0.05, 0) is 42.9 Å². The molecule has 0 aliphatic carbocycles. The van der Waals surface area contributed by atoms with E-state index >= 15 is 0 Å². The third kappa shape index (κ3) is 5.85. The average molecular weight is 292 g/mol. The maximum atomic E-state index is 11.8. The van der Waals surface area contributed by atoms with Crippen LogP contribution in [0.1, 0.15) is 37.0 Å². The van der Waals surface area contributed by atoms with Gasteiger partial charge in [0, 0.05) is 6.54 Å². The minimum atomic E-state index is -1.01. The van der Waals surface area contributed by atoms with Crippen LogP contribution >= 0.6 is 0 Å². The Hall–Kier alpha value is -2.04. The van der Waals surface area contributed by atoms with E-state index in [-0.39, 0.29) is 5.92 Å². The minimum Gasteiger partial charge on any atom is -0.480 e. The minimum absolute atomic E-state index is 0.200. The van der Waals surface area contributed by atoms with Crippen molar-refractivity contribution in [2.24, 2.45) is 5.92 Å². The van der Waals surface area contributed by atoms with Gasteiger partial charge in [0.1, 0.15) is 6.04 Å². The Morgan fingerprint density at radius 2 is 1.86 bits per heavy atom. The number of hydrogen-bond acceptors (Lipinski definition) is 2. The molecule has 116 valence electrons. The molecular formula is C16H24N2O3. The van der Waals surface area contributed by atoms with Crippen LogP contribution < -0.4 is 10.6 Å². The summed E-state index contributed by atoms with van der Waals surface area (Å²) in [4.78, 5) is 22.9. The van der Waals surface area contributed by atoms with Crippen molar-refractivity contribution in [3.8, 4) is 0 Å². The molecule has 0 aliphatic heterocycles. The molecule has 1 aromatic carbocycles. The zero-order valence-corrected chi connectivity index (χ0v) is 13.1. The van der Waals surface area contributed by atoms with Gasteiger partial charge in [0.05, 0.1) is 0 Å². The van der Waals surface area contributed by atoms with Crippen molar-refractivity contribution in [3.05, 3.63) is 34.9 Å². The van der Waals surface area contributed by atoms with Crippen molar-refractivity contribution in [1.82, 2.24) is 10.6 Å². The Morgan fingerprint density at radius 1 is 1.19 bits per heavy atom. The van der Waals surface area contributed by atoms with E-state index in [9.17, 15) is 9.59 Å². The first-order chi connectivity index (χ1) is 9.79. The largest absolute Gasteiger partial charge is 0.480 e. The Balaban J connectivity index is 2.52.